The van der Waals surface area contributed by atoms with Crippen LogP contribution in [0, 0.1) is 11.3 Å². The van der Waals surface area contributed by atoms with Crippen molar-refractivity contribution in [1.82, 2.24) is 0 Å². The number of ether oxygens (including phenoxy) is 1. The molecule has 0 heterocycles. The smallest absolute Gasteiger partial charge is 0.330 e. The summed E-state index contributed by atoms with van der Waals surface area (Å²) in [6, 6.07) is 8.70. The minimum Gasteiger partial charge on any atom is -0.462 e. The molecule has 0 saturated carbocycles. The van der Waals surface area contributed by atoms with Crippen LogP contribution in [0.2, 0.25) is 0 Å². The first-order valence-corrected chi connectivity index (χ1v) is 6.29. The van der Waals surface area contributed by atoms with Crippen LogP contribution in [0.25, 0.3) is 0 Å². The van der Waals surface area contributed by atoms with Crippen LogP contribution in [0.3, 0.4) is 0 Å². The Balaban J connectivity index is 2.39. The molecule has 1 aromatic carbocycles. The molecule has 20 heavy (non-hydrogen) atoms. The number of rotatable bonds is 6. The maximum absolute atomic E-state index is 11.6. The van der Waals surface area contributed by atoms with Crippen molar-refractivity contribution in [2.75, 3.05) is 11.9 Å². The summed E-state index contributed by atoms with van der Waals surface area (Å²) in [5.41, 5.74) is 0.848. The molecule has 1 aromatic rings. The molecule has 1 N–H and O–H groups in total. The lowest BCUT2D eigenvalue weighted by atomic mass is 10.2. The first-order valence-electron chi connectivity index (χ1n) is 6.29. The Morgan fingerprint density at radius 2 is 2.15 bits per heavy atom. The number of esters is 1. The van der Waals surface area contributed by atoms with Crippen molar-refractivity contribution in [2.45, 2.75) is 19.8 Å². The molecule has 0 aliphatic rings. The summed E-state index contributed by atoms with van der Waals surface area (Å²) in [5, 5.41) is 11.5. The summed E-state index contributed by atoms with van der Waals surface area (Å²) in [7, 11) is 0. The highest BCUT2D eigenvalue weighted by atomic mass is 16.5. The zero-order chi connectivity index (χ0) is 14.8. The van der Waals surface area contributed by atoms with Crippen molar-refractivity contribution in [3.8, 4) is 6.07 Å². The molecule has 0 bridgehead atoms. The van der Waals surface area contributed by atoms with E-state index in [-0.39, 0.29) is 18.9 Å². The van der Waals surface area contributed by atoms with Crippen LogP contribution in [-0.2, 0) is 14.3 Å². The van der Waals surface area contributed by atoms with Crippen LogP contribution in [0.4, 0.5) is 5.69 Å². The predicted octanol–water partition coefficient (Wildman–Crippen LogP) is 2.40. The third-order valence-corrected chi connectivity index (χ3v) is 2.38. The average Bonchev–Trinajstić information content (AvgIpc) is 2.45. The summed E-state index contributed by atoms with van der Waals surface area (Å²) in [6.45, 7) is 1.91. The van der Waals surface area contributed by atoms with E-state index in [1.165, 1.54) is 6.08 Å². The van der Waals surface area contributed by atoms with E-state index in [0.717, 1.165) is 6.42 Å². The Labute approximate surface area is 117 Å². The monoisotopic (exact) mass is 272 g/mol. The molecule has 0 atom stereocenters. The molecule has 0 spiro atoms. The quantitative estimate of drug-likeness (QED) is 0.637. The highest BCUT2D eigenvalue weighted by Crippen LogP contribution is 2.13. The van der Waals surface area contributed by atoms with Crippen LogP contribution >= 0.6 is 0 Å². The highest BCUT2D eigenvalue weighted by Gasteiger charge is 2.07. The van der Waals surface area contributed by atoms with E-state index in [2.05, 4.69) is 5.32 Å². The lowest BCUT2D eigenvalue weighted by Gasteiger charge is -2.06. The van der Waals surface area contributed by atoms with Gasteiger partial charge in [0, 0.05) is 6.08 Å². The SMILES string of the molecule is CC/C=C/C(=O)OCCC(=O)Nc1ccccc1C#N. The molecule has 0 radical (unpaired) electrons. The van der Waals surface area contributed by atoms with Gasteiger partial charge in [-0.05, 0) is 18.6 Å². The van der Waals surface area contributed by atoms with Crippen LogP contribution < -0.4 is 5.32 Å². The van der Waals surface area contributed by atoms with E-state index in [1.54, 1.807) is 30.3 Å². The summed E-state index contributed by atoms with van der Waals surface area (Å²) < 4.78 is 4.86. The largest absolute Gasteiger partial charge is 0.462 e. The first-order chi connectivity index (χ1) is 9.67. The van der Waals surface area contributed by atoms with Crippen molar-refractivity contribution in [3.05, 3.63) is 42.0 Å². The molecular formula is C15H16N2O3. The zero-order valence-corrected chi connectivity index (χ0v) is 11.3. The van der Waals surface area contributed by atoms with Gasteiger partial charge >= 0.3 is 5.97 Å². The molecule has 104 valence electrons. The van der Waals surface area contributed by atoms with E-state index in [9.17, 15) is 9.59 Å². The van der Waals surface area contributed by atoms with Crippen LogP contribution in [-0.4, -0.2) is 18.5 Å². The fourth-order valence-corrected chi connectivity index (χ4v) is 1.41. The van der Waals surface area contributed by atoms with E-state index in [0.29, 0.717) is 11.3 Å². The summed E-state index contributed by atoms with van der Waals surface area (Å²) in [5.74, 6) is -0.767. The summed E-state index contributed by atoms with van der Waals surface area (Å²) in [4.78, 5) is 22.8. The Bertz CT molecular complexity index is 544. The third kappa shape index (κ3) is 5.36. The molecule has 0 aromatic heterocycles. The Kier molecular flexibility index (Phi) is 6.55. The molecule has 0 saturated heterocycles. The van der Waals surface area contributed by atoms with Gasteiger partial charge in [-0.25, -0.2) is 4.79 Å². The van der Waals surface area contributed by atoms with Gasteiger partial charge in [-0.2, -0.15) is 5.26 Å². The summed E-state index contributed by atoms with van der Waals surface area (Å²) in [6.07, 6.45) is 3.82. The van der Waals surface area contributed by atoms with Crippen molar-refractivity contribution in [3.63, 3.8) is 0 Å². The number of hydrogen-bond acceptors (Lipinski definition) is 4. The van der Waals surface area contributed by atoms with Crippen LogP contribution in [0.15, 0.2) is 36.4 Å². The van der Waals surface area contributed by atoms with Gasteiger partial charge in [-0.3, -0.25) is 4.79 Å². The lowest BCUT2D eigenvalue weighted by Crippen LogP contribution is -2.16. The fraction of sp³-hybridized carbons (Fsp3) is 0.267. The van der Waals surface area contributed by atoms with Gasteiger partial charge in [0.05, 0.1) is 17.7 Å². The standard InChI is InChI=1S/C15H16N2O3/c1-2-3-8-15(19)20-10-9-14(18)17-13-7-5-4-6-12(13)11-16/h3-8H,2,9-10H2,1H3,(H,17,18)/b8-3+. The number of para-hydroxylation sites is 1. The second-order valence-electron chi connectivity index (χ2n) is 3.93. The molecule has 5 heteroatoms. The molecule has 1 rings (SSSR count). The van der Waals surface area contributed by atoms with Gasteiger partial charge in [0.2, 0.25) is 5.91 Å². The maximum atomic E-state index is 11.6. The number of amides is 1. The van der Waals surface area contributed by atoms with Crippen molar-refractivity contribution >= 4 is 17.6 Å². The average molecular weight is 272 g/mol. The molecule has 5 nitrogen and oxygen atoms in total. The minimum atomic E-state index is -0.461. The Hall–Kier alpha value is -2.61. The highest BCUT2D eigenvalue weighted by molar-refractivity contribution is 5.92. The van der Waals surface area contributed by atoms with Gasteiger partial charge in [0.25, 0.3) is 0 Å². The topological polar surface area (TPSA) is 79.2 Å². The number of carbonyl (C=O) groups excluding carboxylic acids is 2. The second kappa shape index (κ2) is 8.48. The number of hydrogen-bond donors (Lipinski definition) is 1. The number of nitrogens with one attached hydrogen (secondary N) is 1. The zero-order valence-electron chi connectivity index (χ0n) is 11.3. The second-order valence-corrected chi connectivity index (χ2v) is 3.93. The van der Waals surface area contributed by atoms with Gasteiger partial charge < -0.3 is 10.1 Å². The van der Waals surface area contributed by atoms with Gasteiger partial charge in [0.1, 0.15) is 12.7 Å². The first kappa shape index (κ1) is 15.4. The third-order valence-electron chi connectivity index (χ3n) is 2.38. The number of allylic oxidation sites excluding steroid dienone is 1. The molecule has 1 amide bonds. The Morgan fingerprint density at radius 1 is 1.40 bits per heavy atom. The van der Waals surface area contributed by atoms with E-state index < -0.39 is 5.97 Å². The fourth-order valence-electron chi connectivity index (χ4n) is 1.41. The number of carbonyl (C=O) groups is 2. The number of nitrogens with zero attached hydrogens (tertiary/aromatic N) is 1. The van der Waals surface area contributed by atoms with E-state index in [1.807, 2.05) is 13.0 Å². The van der Waals surface area contributed by atoms with Crippen LogP contribution in [0.1, 0.15) is 25.3 Å². The van der Waals surface area contributed by atoms with Crippen molar-refractivity contribution < 1.29 is 14.3 Å². The van der Waals surface area contributed by atoms with Crippen molar-refractivity contribution in [2.24, 2.45) is 0 Å². The summed E-state index contributed by atoms with van der Waals surface area (Å²) >= 11 is 0. The molecule has 0 fully saturated rings. The number of nitriles is 1. The number of anilines is 1. The normalized spacial score (nSPS) is 10.0. The lowest BCUT2D eigenvalue weighted by molar-refractivity contribution is -0.138. The molecule has 0 aliphatic heterocycles. The minimum absolute atomic E-state index is 0.00738. The van der Waals surface area contributed by atoms with Gasteiger partial charge in [0.15, 0.2) is 0 Å². The molecule has 0 aliphatic carbocycles. The van der Waals surface area contributed by atoms with Crippen molar-refractivity contribution in [1.29, 1.82) is 5.26 Å². The molecular weight excluding hydrogens is 256 g/mol. The number of benzene rings is 1. The molecule has 0 unspecified atom stereocenters. The van der Waals surface area contributed by atoms with Crippen LogP contribution in [0.5, 0.6) is 0 Å². The maximum Gasteiger partial charge on any atom is 0.330 e. The van der Waals surface area contributed by atoms with Gasteiger partial charge in [-0.15, -0.1) is 0 Å². The predicted molar refractivity (Wildman–Crippen MR) is 74.8 cm³/mol. The Morgan fingerprint density at radius 3 is 2.85 bits per heavy atom. The van der Waals surface area contributed by atoms with E-state index in [4.69, 9.17) is 10.00 Å². The van der Waals surface area contributed by atoms with Gasteiger partial charge in [-0.1, -0.05) is 25.1 Å². The van der Waals surface area contributed by atoms with E-state index >= 15 is 0 Å².